The Labute approximate surface area is 102 Å². The number of unbranched alkanes of at least 4 members (excludes halogenated alkanes) is 1. The molecule has 3 unspecified atom stereocenters. The van der Waals surface area contributed by atoms with Crippen molar-refractivity contribution < 1.29 is 14.3 Å². The molecule has 2 rings (SSSR count). The average Bonchev–Trinajstić information content (AvgIpc) is 2.77. The van der Waals surface area contributed by atoms with E-state index >= 15 is 0 Å². The molecule has 3 atom stereocenters. The summed E-state index contributed by atoms with van der Waals surface area (Å²) in [7, 11) is 0. The summed E-state index contributed by atoms with van der Waals surface area (Å²) >= 11 is 4.12. The lowest BCUT2D eigenvalue weighted by Gasteiger charge is -2.31. The number of esters is 1. The minimum Gasteiger partial charge on any atom is -0.456 e. The minimum atomic E-state index is -0.360. The quantitative estimate of drug-likeness (QED) is 0.458. The van der Waals surface area contributed by atoms with Gasteiger partial charge in [0.15, 0.2) is 0 Å². The second-order valence-corrected chi connectivity index (χ2v) is 5.44. The highest BCUT2D eigenvalue weighted by atomic mass is 32.1. The zero-order chi connectivity index (χ0) is 11.6. The lowest BCUT2D eigenvalue weighted by atomic mass is 9.86. The minimum absolute atomic E-state index is 0.0829. The monoisotopic (exact) mass is 244 g/mol. The van der Waals surface area contributed by atoms with Gasteiger partial charge in [-0.3, -0.25) is 4.79 Å². The summed E-state index contributed by atoms with van der Waals surface area (Å²) < 4.78 is 11.3. The molecule has 0 aliphatic carbocycles. The van der Waals surface area contributed by atoms with Crippen LogP contribution in [0.5, 0.6) is 0 Å². The number of thiol groups is 1. The van der Waals surface area contributed by atoms with Crippen molar-refractivity contribution in [1.29, 1.82) is 0 Å². The predicted molar refractivity (Wildman–Crippen MR) is 64.7 cm³/mol. The standard InChI is InChI=1S/C12H20O3S/c1-12(8-9-5-6-10(12)14-9)15-11(13)4-2-3-7-16/h9-10,16H,2-8H2,1H3. The van der Waals surface area contributed by atoms with Crippen molar-refractivity contribution >= 4 is 18.6 Å². The number of carbonyl (C=O) groups excluding carboxylic acids is 1. The number of rotatable bonds is 5. The molecule has 0 N–H and O–H groups in total. The number of carbonyl (C=O) groups is 1. The Kier molecular flexibility index (Phi) is 3.80. The Morgan fingerprint density at radius 1 is 1.50 bits per heavy atom. The van der Waals surface area contributed by atoms with E-state index in [4.69, 9.17) is 9.47 Å². The van der Waals surface area contributed by atoms with E-state index in [0.29, 0.717) is 12.5 Å². The van der Waals surface area contributed by atoms with Crippen molar-refractivity contribution in [3.05, 3.63) is 0 Å². The zero-order valence-corrected chi connectivity index (χ0v) is 10.7. The SMILES string of the molecule is CC1(OC(=O)CCCCS)CC2CCC1O2. The summed E-state index contributed by atoms with van der Waals surface area (Å²) in [5.74, 6) is 0.749. The van der Waals surface area contributed by atoms with E-state index in [1.165, 1.54) is 0 Å². The molecule has 92 valence electrons. The van der Waals surface area contributed by atoms with Crippen LogP contribution in [0.25, 0.3) is 0 Å². The highest BCUT2D eigenvalue weighted by molar-refractivity contribution is 7.80. The van der Waals surface area contributed by atoms with E-state index in [1.54, 1.807) is 0 Å². The second-order valence-electron chi connectivity index (χ2n) is 5.00. The van der Waals surface area contributed by atoms with Gasteiger partial charge in [0.1, 0.15) is 5.60 Å². The van der Waals surface area contributed by atoms with E-state index in [-0.39, 0.29) is 17.7 Å². The summed E-state index contributed by atoms with van der Waals surface area (Å²) in [6, 6.07) is 0. The van der Waals surface area contributed by atoms with Crippen LogP contribution in [-0.2, 0) is 14.3 Å². The van der Waals surface area contributed by atoms with Crippen LogP contribution in [0.4, 0.5) is 0 Å². The molecule has 2 heterocycles. The maximum Gasteiger partial charge on any atom is 0.306 e. The number of hydrogen-bond donors (Lipinski definition) is 1. The Balaban J connectivity index is 1.78. The highest BCUT2D eigenvalue weighted by Crippen LogP contribution is 2.43. The lowest BCUT2D eigenvalue weighted by molar-refractivity contribution is -0.163. The third kappa shape index (κ3) is 2.54. The van der Waals surface area contributed by atoms with Crippen molar-refractivity contribution in [2.75, 3.05) is 5.75 Å². The molecule has 2 bridgehead atoms. The Morgan fingerprint density at radius 2 is 2.31 bits per heavy atom. The Bertz CT molecular complexity index is 269. The van der Waals surface area contributed by atoms with Crippen LogP contribution in [0.2, 0.25) is 0 Å². The van der Waals surface area contributed by atoms with Crippen molar-refractivity contribution in [2.24, 2.45) is 0 Å². The summed E-state index contributed by atoms with van der Waals surface area (Å²) in [4.78, 5) is 11.7. The summed E-state index contributed by atoms with van der Waals surface area (Å²) in [5.41, 5.74) is -0.360. The van der Waals surface area contributed by atoms with Gasteiger partial charge in [0.2, 0.25) is 0 Å². The van der Waals surface area contributed by atoms with E-state index < -0.39 is 0 Å². The van der Waals surface area contributed by atoms with Crippen molar-refractivity contribution in [2.45, 2.75) is 63.3 Å². The van der Waals surface area contributed by atoms with Crippen LogP contribution >= 0.6 is 12.6 Å². The molecule has 0 radical (unpaired) electrons. The summed E-state index contributed by atoms with van der Waals surface area (Å²) in [6.07, 6.45) is 5.82. The maximum absolute atomic E-state index is 11.7. The molecule has 0 aromatic heterocycles. The molecule has 0 amide bonds. The van der Waals surface area contributed by atoms with E-state index in [2.05, 4.69) is 12.6 Å². The van der Waals surface area contributed by atoms with Gasteiger partial charge in [0.05, 0.1) is 12.2 Å². The maximum atomic E-state index is 11.7. The van der Waals surface area contributed by atoms with Gasteiger partial charge < -0.3 is 9.47 Å². The Morgan fingerprint density at radius 3 is 2.88 bits per heavy atom. The number of hydrogen-bond acceptors (Lipinski definition) is 4. The molecular formula is C12H20O3S. The van der Waals surface area contributed by atoms with Crippen LogP contribution in [0.3, 0.4) is 0 Å². The van der Waals surface area contributed by atoms with Crippen LogP contribution in [-0.4, -0.2) is 29.5 Å². The molecule has 0 aromatic carbocycles. The first kappa shape index (κ1) is 12.2. The lowest BCUT2D eigenvalue weighted by Crippen LogP contribution is -2.41. The van der Waals surface area contributed by atoms with Gasteiger partial charge in [0.25, 0.3) is 0 Å². The highest BCUT2D eigenvalue weighted by Gasteiger charge is 2.51. The molecule has 2 saturated heterocycles. The number of fused-ring (bicyclic) bond motifs is 2. The summed E-state index contributed by atoms with van der Waals surface area (Å²) in [5, 5.41) is 0. The van der Waals surface area contributed by atoms with Crippen molar-refractivity contribution in [3.63, 3.8) is 0 Å². The first-order valence-electron chi connectivity index (χ1n) is 6.12. The van der Waals surface area contributed by atoms with Gasteiger partial charge >= 0.3 is 5.97 Å². The largest absolute Gasteiger partial charge is 0.456 e. The fourth-order valence-electron chi connectivity index (χ4n) is 2.69. The van der Waals surface area contributed by atoms with Gasteiger partial charge in [-0.25, -0.2) is 0 Å². The second kappa shape index (κ2) is 4.96. The van der Waals surface area contributed by atoms with Gasteiger partial charge in [-0.2, -0.15) is 12.6 Å². The molecule has 3 nitrogen and oxygen atoms in total. The van der Waals surface area contributed by atoms with Crippen LogP contribution in [0.1, 0.15) is 45.4 Å². The molecule has 0 aromatic rings. The first-order chi connectivity index (χ1) is 7.64. The normalized spacial score (nSPS) is 36.6. The van der Waals surface area contributed by atoms with Crippen LogP contribution < -0.4 is 0 Å². The average molecular weight is 244 g/mol. The van der Waals surface area contributed by atoms with Crippen molar-refractivity contribution in [3.8, 4) is 0 Å². The van der Waals surface area contributed by atoms with Gasteiger partial charge in [-0.15, -0.1) is 0 Å². The smallest absolute Gasteiger partial charge is 0.306 e. The van der Waals surface area contributed by atoms with Crippen LogP contribution in [0.15, 0.2) is 0 Å². The van der Waals surface area contributed by atoms with Crippen molar-refractivity contribution in [1.82, 2.24) is 0 Å². The van der Waals surface area contributed by atoms with E-state index in [0.717, 1.165) is 37.9 Å². The van der Waals surface area contributed by atoms with Gasteiger partial charge in [0, 0.05) is 12.8 Å². The molecule has 2 aliphatic heterocycles. The fraction of sp³-hybridized carbons (Fsp3) is 0.917. The topological polar surface area (TPSA) is 35.5 Å². The van der Waals surface area contributed by atoms with Gasteiger partial charge in [-0.1, -0.05) is 0 Å². The molecule has 16 heavy (non-hydrogen) atoms. The molecule has 0 saturated carbocycles. The molecule has 2 aliphatic rings. The zero-order valence-electron chi connectivity index (χ0n) is 9.78. The number of ether oxygens (including phenoxy) is 2. The molecule has 4 heteroatoms. The first-order valence-corrected chi connectivity index (χ1v) is 6.75. The molecular weight excluding hydrogens is 224 g/mol. The van der Waals surface area contributed by atoms with Crippen LogP contribution in [0, 0.1) is 0 Å². The van der Waals surface area contributed by atoms with Gasteiger partial charge in [-0.05, 0) is 38.4 Å². The summed E-state index contributed by atoms with van der Waals surface area (Å²) in [6.45, 7) is 2.01. The molecule has 2 fully saturated rings. The Hall–Kier alpha value is -0.220. The third-order valence-electron chi connectivity index (χ3n) is 3.56. The van der Waals surface area contributed by atoms with E-state index in [9.17, 15) is 4.79 Å². The third-order valence-corrected chi connectivity index (χ3v) is 3.87. The molecule has 0 spiro atoms. The fourth-order valence-corrected chi connectivity index (χ4v) is 2.91. The predicted octanol–water partition coefficient (Wildman–Crippen LogP) is 2.34. The van der Waals surface area contributed by atoms with E-state index in [1.807, 2.05) is 6.92 Å².